The first-order chi connectivity index (χ1) is 12.9. The van der Waals surface area contributed by atoms with Crippen LogP contribution >= 0.6 is 0 Å². The second-order valence-corrected chi connectivity index (χ2v) is 9.15. The fraction of sp³-hybridized carbons (Fsp3) is 0.667. The fourth-order valence-corrected chi connectivity index (χ4v) is 5.07. The maximum atomic E-state index is 12.5. The first kappa shape index (κ1) is 19.9. The lowest BCUT2D eigenvalue weighted by Gasteiger charge is -2.35. The molecule has 2 aliphatic rings. The summed E-state index contributed by atoms with van der Waals surface area (Å²) in [6, 6.07) is 3.32. The Kier molecular flexibility index (Phi) is 6.21. The third-order valence-corrected chi connectivity index (χ3v) is 6.69. The van der Waals surface area contributed by atoms with Crippen molar-refractivity contribution in [2.24, 2.45) is 0 Å². The van der Waals surface area contributed by atoms with Gasteiger partial charge in [0.2, 0.25) is 15.9 Å². The molecule has 0 unspecified atom stereocenters. The maximum absolute atomic E-state index is 12.5. The highest BCUT2D eigenvalue weighted by Gasteiger charge is 2.31. The molecule has 0 atom stereocenters. The Bertz CT molecular complexity index is 748. The monoisotopic (exact) mass is 397 g/mol. The Morgan fingerprint density at radius 3 is 2.33 bits per heavy atom. The van der Waals surface area contributed by atoms with Gasteiger partial charge in [-0.25, -0.2) is 8.42 Å². The zero-order valence-corrected chi connectivity index (χ0v) is 16.5. The standard InChI is InChI=1S/C18H27N3O5S/c1-27(24,25)21(15-5-2-3-6-15)9-8-17(22)19-10-12-20(13-11-19)18(23)16-7-4-14-26-16/h4,7,14-15H,2-3,5-6,8-13H2,1H3. The van der Waals surface area contributed by atoms with Gasteiger partial charge in [0.05, 0.1) is 12.5 Å². The molecular weight excluding hydrogens is 370 g/mol. The minimum Gasteiger partial charge on any atom is -0.459 e. The number of nitrogens with zero attached hydrogens (tertiary/aromatic N) is 3. The molecule has 0 bridgehead atoms. The van der Waals surface area contributed by atoms with Gasteiger partial charge < -0.3 is 14.2 Å². The molecule has 0 spiro atoms. The van der Waals surface area contributed by atoms with E-state index in [9.17, 15) is 18.0 Å². The average Bonchev–Trinajstić information content (AvgIpc) is 3.34. The number of hydrogen-bond acceptors (Lipinski definition) is 5. The summed E-state index contributed by atoms with van der Waals surface area (Å²) < 4.78 is 30.8. The minimum absolute atomic E-state index is 0.0237. The van der Waals surface area contributed by atoms with E-state index in [1.165, 1.54) is 16.8 Å². The highest BCUT2D eigenvalue weighted by Crippen LogP contribution is 2.25. The van der Waals surface area contributed by atoms with Crippen molar-refractivity contribution in [3.8, 4) is 0 Å². The van der Waals surface area contributed by atoms with Crippen molar-refractivity contribution in [2.75, 3.05) is 39.0 Å². The number of sulfonamides is 1. The van der Waals surface area contributed by atoms with Gasteiger partial charge in [-0.3, -0.25) is 9.59 Å². The van der Waals surface area contributed by atoms with Crippen LogP contribution in [-0.4, -0.2) is 79.4 Å². The highest BCUT2D eigenvalue weighted by atomic mass is 32.2. The number of piperazine rings is 1. The molecule has 2 heterocycles. The molecule has 1 saturated carbocycles. The molecule has 1 aliphatic heterocycles. The van der Waals surface area contributed by atoms with Crippen LogP contribution < -0.4 is 0 Å². The molecule has 8 nitrogen and oxygen atoms in total. The summed E-state index contributed by atoms with van der Waals surface area (Å²) in [5, 5.41) is 0. The van der Waals surface area contributed by atoms with Crippen molar-refractivity contribution in [3.63, 3.8) is 0 Å². The first-order valence-electron chi connectivity index (χ1n) is 9.43. The smallest absolute Gasteiger partial charge is 0.289 e. The lowest BCUT2D eigenvalue weighted by molar-refractivity contribution is -0.132. The van der Waals surface area contributed by atoms with Gasteiger partial charge in [-0.15, -0.1) is 0 Å². The largest absolute Gasteiger partial charge is 0.459 e. The molecule has 1 aromatic rings. The average molecular weight is 397 g/mol. The lowest BCUT2D eigenvalue weighted by Crippen LogP contribution is -2.51. The van der Waals surface area contributed by atoms with Crippen LogP contribution in [0.25, 0.3) is 0 Å². The quantitative estimate of drug-likeness (QED) is 0.718. The zero-order valence-electron chi connectivity index (χ0n) is 15.7. The van der Waals surface area contributed by atoms with Crippen molar-refractivity contribution in [1.29, 1.82) is 0 Å². The summed E-state index contributed by atoms with van der Waals surface area (Å²) >= 11 is 0. The molecule has 1 saturated heterocycles. The van der Waals surface area contributed by atoms with Crippen LogP contribution in [0.3, 0.4) is 0 Å². The molecule has 2 amide bonds. The minimum atomic E-state index is -3.32. The Balaban J connectivity index is 1.49. The maximum Gasteiger partial charge on any atom is 0.289 e. The Hall–Kier alpha value is -1.87. The molecule has 150 valence electrons. The molecule has 27 heavy (non-hydrogen) atoms. The Morgan fingerprint density at radius 2 is 1.78 bits per heavy atom. The molecule has 1 aliphatic carbocycles. The van der Waals surface area contributed by atoms with Crippen LogP contribution in [0.15, 0.2) is 22.8 Å². The van der Waals surface area contributed by atoms with E-state index in [4.69, 9.17) is 4.42 Å². The molecule has 9 heteroatoms. The van der Waals surface area contributed by atoms with Crippen molar-refractivity contribution in [1.82, 2.24) is 14.1 Å². The summed E-state index contributed by atoms with van der Waals surface area (Å²) in [7, 11) is -3.32. The van der Waals surface area contributed by atoms with Gasteiger partial charge in [0.1, 0.15) is 0 Å². The molecule has 1 aromatic heterocycles. The number of carbonyl (C=O) groups excluding carboxylic acids is 2. The van der Waals surface area contributed by atoms with E-state index in [0.717, 1.165) is 25.7 Å². The number of carbonyl (C=O) groups is 2. The molecule has 2 fully saturated rings. The van der Waals surface area contributed by atoms with Gasteiger partial charge >= 0.3 is 0 Å². The summed E-state index contributed by atoms with van der Waals surface area (Å²) in [6.45, 7) is 2.03. The van der Waals surface area contributed by atoms with Crippen LogP contribution in [0.1, 0.15) is 42.7 Å². The molecule has 0 N–H and O–H groups in total. The van der Waals surface area contributed by atoms with E-state index in [0.29, 0.717) is 31.9 Å². The highest BCUT2D eigenvalue weighted by molar-refractivity contribution is 7.88. The summed E-state index contributed by atoms with van der Waals surface area (Å²) in [6.07, 6.45) is 6.67. The Morgan fingerprint density at radius 1 is 1.15 bits per heavy atom. The van der Waals surface area contributed by atoms with E-state index in [1.807, 2.05) is 0 Å². The molecule has 0 radical (unpaired) electrons. The van der Waals surface area contributed by atoms with Gasteiger partial charge in [-0.05, 0) is 25.0 Å². The topological polar surface area (TPSA) is 91.1 Å². The van der Waals surface area contributed by atoms with E-state index in [-0.39, 0.29) is 30.8 Å². The molecule has 3 rings (SSSR count). The van der Waals surface area contributed by atoms with Gasteiger partial charge in [-0.1, -0.05) is 12.8 Å². The first-order valence-corrected chi connectivity index (χ1v) is 11.3. The lowest BCUT2D eigenvalue weighted by atomic mass is 10.2. The van der Waals surface area contributed by atoms with Crippen molar-refractivity contribution < 1.29 is 22.4 Å². The van der Waals surface area contributed by atoms with E-state index < -0.39 is 10.0 Å². The normalized spacial score (nSPS) is 19.0. The number of rotatable bonds is 6. The summed E-state index contributed by atoms with van der Waals surface area (Å²) in [5.41, 5.74) is 0. The fourth-order valence-electron chi connectivity index (χ4n) is 3.89. The number of hydrogen-bond donors (Lipinski definition) is 0. The van der Waals surface area contributed by atoms with Crippen LogP contribution in [0.5, 0.6) is 0 Å². The van der Waals surface area contributed by atoms with Crippen LogP contribution in [0.2, 0.25) is 0 Å². The summed E-state index contributed by atoms with van der Waals surface area (Å²) in [5.74, 6) is 0.0680. The van der Waals surface area contributed by atoms with Crippen LogP contribution in [0.4, 0.5) is 0 Å². The second-order valence-electron chi connectivity index (χ2n) is 7.21. The summed E-state index contributed by atoms with van der Waals surface area (Å²) in [4.78, 5) is 28.2. The number of furan rings is 1. The second kappa shape index (κ2) is 8.43. The predicted octanol–water partition coefficient (Wildman–Crippen LogP) is 1.16. The number of amides is 2. The van der Waals surface area contributed by atoms with Crippen LogP contribution in [0, 0.1) is 0 Å². The predicted molar refractivity (Wildman–Crippen MR) is 99.6 cm³/mol. The Labute approximate surface area is 160 Å². The molecular formula is C18H27N3O5S. The molecule has 0 aromatic carbocycles. The van der Waals surface area contributed by atoms with Gasteiger partial charge in [0, 0.05) is 45.2 Å². The van der Waals surface area contributed by atoms with Gasteiger partial charge in [0.15, 0.2) is 5.76 Å². The van der Waals surface area contributed by atoms with Crippen molar-refractivity contribution >= 4 is 21.8 Å². The van der Waals surface area contributed by atoms with Gasteiger partial charge in [-0.2, -0.15) is 4.31 Å². The van der Waals surface area contributed by atoms with E-state index >= 15 is 0 Å². The third kappa shape index (κ3) is 4.90. The third-order valence-electron chi connectivity index (χ3n) is 5.36. The van der Waals surface area contributed by atoms with Crippen molar-refractivity contribution in [3.05, 3.63) is 24.2 Å². The van der Waals surface area contributed by atoms with Gasteiger partial charge in [0.25, 0.3) is 5.91 Å². The van der Waals surface area contributed by atoms with Crippen LogP contribution in [-0.2, 0) is 14.8 Å². The SMILES string of the molecule is CS(=O)(=O)N(CCC(=O)N1CCN(C(=O)c2ccco2)CC1)C1CCCC1. The van der Waals surface area contributed by atoms with Crippen molar-refractivity contribution in [2.45, 2.75) is 38.1 Å². The van der Waals surface area contributed by atoms with E-state index in [1.54, 1.807) is 21.9 Å². The zero-order chi connectivity index (χ0) is 19.4. The van der Waals surface area contributed by atoms with E-state index in [2.05, 4.69) is 0 Å².